The number of esters is 1. The molecular weight excluding hydrogens is 444 g/mol. The van der Waals surface area contributed by atoms with E-state index in [-0.39, 0.29) is 5.97 Å². The van der Waals surface area contributed by atoms with Crippen LogP contribution >= 0.6 is 0 Å². The Kier molecular flexibility index (Phi) is 21.6. The van der Waals surface area contributed by atoms with E-state index < -0.39 is 0 Å². The van der Waals surface area contributed by atoms with Crippen molar-refractivity contribution in [2.75, 3.05) is 6.61 Å². The number of carbonyl (C=O) groups is 1. The van der Waals surface area contributed by atoms with Gasteiger partial charge in [0.15, 0.2) is 0 Å². The van der Waals surface area contributed by atoms with E-state index in [2.05, 4.69) is 13.8 Å². The highest BCUT2D eigenvalue weighted by atomic mass is 16.5. The van der Waals surface area contributed by atoms with Crippen molar-refractivity contribution in [3.63, 3.8) is 0 Å². The summed E-state index contributed by atoms with van der Waals surface area (Å²) in [6.07, 6.45) is 28.3. The summed E-state index contributed by atoms with van der Waals surface area (Å²) >= 11 is 0. The summed E-state index contributed by atoms with van der Waals surface area (Å²) in [5.74, 6) is 0.229. The maximum absolute atomic E-state index is 12.2. The number of aryl methyl sites for hydroxylation is 2. The summed E-state index contributed by atoms with van der Waals surface area (Å²) in [5.41, 5.74) is 2.37. The smallest absolute Gasteiger partial charge is 0.306 e. The van der Waals surface area contributed by atoms with Gasteiger partial charge < -0.3 is 9.84 Å². The Morgan fingerprint density at radius 1 is 0.611 bits per heavy atom. The van der Waals surface area contributed by atoms with E-state index in [1.54, 1.807) is 6.07 Å². The van der Waals surface area contributed by atoms with Crippen LogP contribution in [0.15, 0.2) is 18.2 Å². The molecule has 0 bridgehead atoms. The fraction of sp³-hybridized carbons (Fsp3) is 0.788. The molecule has 0 amide bonds. The lowest BCUT2D eigenvalue weighted by Crippen LogP contribution is -2.08. The van der Waals surface area contributed by atoms with E-state index in [1.165, 1.54) is 120 Å². The predicted molar refractivity (Wildman–Crippen MR) is 155 cm³/mol. The zero-order chi connectivity index (χ0) is 26.1. The number of benzene rings is 1. The topological polar surface area (TPSA) is 46.5 Å². The molecule has 0 fully saturated rings. The van der Waals surface area contributed by atoms with Gasteiger partial charge in [-0.3, -0.25) is 4.79 Å². The summed E-state index contributed by atoms with van der Waals surface area (Å²) in [6.45, 7) is 5.07. The van der Waals surface area contributed by atoms with Gasteiger partial charge in [-0.15, -0.1) is 0 Å². The quantitative estimate of drug-likeness (QED) is 0.107. The average molecular weight is 503 g/mol. The number of aromatic hydroxyl groups is 1. The summed E-state index contributed by atoms with van der Waals surface area (Å²) < 4.78 is 5.46. The number of ether oxygens (including phenoxy) is 1. The highest BCUT2D eigenvalue weighted by molar-refractivity contribution is 5.69. The van der Waals surface area contributed by atoms with E-state index in [0.29, 0.717) is 25.2 Å². The first-order chi connectivity index (χ1) is 17.7. The standard InChI is InChI=1S/C33H58O3/c1-3-5-7-9-11-13-14-15-16-17-19-21-23-31-29-32(34)26-24-30(31)25-27-33(35)36-28-22-20-18-12-10-8-6-4-2/h24,26,29,34H,3-23,25,27-28H2,1-2H3. The Morgan fingerprint density at radius 3 is 1.61 bits per heavy atom. The summed E-state index contributed by atoms with van der Waals surface area (Å²) in [6, 6.07) is 5.61. The molecule has 3 nitrogen and oxygen atoms in total. The molecule has 1 rings (SSSR count). The first-order valence-electron chi connectivity index (χ1n) is 15.6. The maximum Gasteiger partial charge on any atom is 0.306 e. The van der Waals surface area contributed by atoms with E-state index in [4.69, 9.17) is 4.74 Å². The fourth-order valence-corrected chi connectivity index (χ4v) is 4.98. The number of phenolic OH excluding ortho intramolecular Hbond substituents is 1. The van der Waals surface area contributed by atoms with Gasteiger partial charge in [0.1, 0.15) is 5.75 Å². The van der Waals surface area contributed by atoms with Crippen LogP contribution in [0.25, 0.3) is 0 Å². The average Bonchev–Trinajstić information content (AvgIpc) is 2.88. The van der Waals surface area contributed by atoms with Crippen LogP contribution in [-0.4, -0.2) is 17.7 Å². The third kappa shape index (κ3) is 18.7. The van der Waals surface area contributed by atoms with Crippen LogP contribution in [0.5, 0.6) is 5.75 Å². The van der Waals surface area contributed by atoms with Crippen molar-refractivity contribution in [3.8, 4) is 5.75 Å². The van der Waals surface area contributed by atoms with Crippen molar-refractivity contribution in [1.29, 1.82) is 0 Å². The number of hydrogen-bond donors (Lipinski definition) is 1. The summed E-state index contributed by atoms with van der Waals surface area (Å²) in [5, 5.41) is 9.96. The van der Waals surface area contributed by atoms with Gasteiger partial charge >= 0.3 is 5.97 Å². The zero-order valence-corrected chi connectivity index (χ0v) is 24.0. The lowest BCUT2D eigenvalue weighted by molar-refractivity contribution is -0.143. The molecule has 0 spiro atoms. The largest absolute Gasteiger partial charge is 0.508 e. The second-order valence-corrected chi connectivity index (χ2v) is 10.8. The van der Waals surface area contributed by atoms with E-state index in [1.807, 2.05) is 12.1 Å². The Morgan fingerprint density at radius 2 is 1.08 bits per heavy atom. The van der Waals surface area contributed by atoms with Gasteiger partial charge in [-0.2, -0.15) is 0 Å². The molecule has 0 unspecified atom stereocenters. The molecule has 0 aliphatic heterocycles. The molecule has 208 valence electrons. The molecule has 0 atom stereocenters. The molecule has 0 radical (unpaired) electrons. The molecule has 1 aromatic rings. The minimum absolute atomic E-state index is 0.0951. The molecule has 0 aromatic heterocycles. The molecule has 0 heterocycles. The van der Waals surface area contributed by atoms with Gasteiger partial charge in [0.05, 0.1) is 6.61 Å². The third-order valence-electron chi connectivity index (χ3n) is 7.35. The van der Waals surface area contributed by atoms with Crippen LogP contribution in [0.3, 0.4) is 0 Å². The number of hydrogen-bond acceptors (Lipinski definition) is 3. The SMILES string of the molecule is CCCCCCCCCCCCCCc1cc(O)ccc1CCC(=O)OCCCCCCCCCC. The fourth-order valence-electron chi connectivity index (χ4n) is 4.98. The summed E-state index contributed by atoms with van der Waals surface area (Å²) in [7, 11) is 0. The van der Waals surface area contributed by atoms with Gasteiger partial charge in [-0.05, 0) is 48.9 Å². The number of rotatable bonds is 25. The number of unbranched alkanes of at least 4 members (excludes halogenated alkanes) is 18. The van der Waals surface area contributed by atoms with Crippen LogP contribution in [0.1, 0.15) is 160 Å². The number of phenols is 1. The molecular formula is C33H58O3. The van der Waals surface area contributed by atoms with Crippen molar-refractivity contribution in [2.45, 2.75) is 162 Å². The molecule has 1 N–H and O–H groups in total. The third-order valence-corrected chi connectivity index (χ3v) is 7.35. The Bertz CT molecular complexity index is 640. The van der Waals surface area contributed by atoms with Crippen molar-refractivity contribution in [1.82, 2.24) is 0 Å². The lowest BCUT2D eigenvalue weighted by Gasteiger charge is -2.11. The van der Waals surface area contributed by atoms with Crippen LogP contribution < -0.4 is 0 Å². The van der Waals surface area contributed by atoms with Crippen molar-refractivity contribution in [3.05, 3.63) is 29.3 Å². The maximum atomic E-state index is 12.2. The minimum Gasteiger partial charge on any atom is -0.508 e. The van der Waals surface area contributed by atoms with E-state index in [0.717, 1.165) is 25.7 Å². The minimum atomic E-state index is -0.0951. The Hall–Kier alpha value is -1.51. The van der Waals surface area contributed by atoms with Gasteiger partial charge in [-0.1, -0.05) is 135 Å². The highest BCUT2D eigenvalue weighted by Gasteiger charge is 2.09. The van der Waals surface area contributed by atoms with Crippen molar-refractivity contribution in [2.24, 2.45) is 0 Å². The van der Waals surface area contributed by atoms with Gasteiger partial charge in [0.25, 0.3) is 0 Å². The second kappa shape index (κ2) is 23.9. The molecule has 36 heavy (non-hydrogen) atoms. The first kappa shape index (κ1) is 32.5. The second-order valence-electron chi connectivity index (χ2n) is 10.8. The van der Waals surface area contributed by atoms with E-state index >= 15 is 0 Å². The zero-order valence-electron chi connectivity index (χ0n) is 24.0. The normalized spacial score (nSPS) is 11.2. The van der Waals surface area contributed by atoms with Crippen molar-refractivity contribution < 1.29 is 14.6 Å². The molecule has 0 aliphatic carbocycles. The molecule has 0 aliphatic rings. The highest BCUT2D eigenvalue weighted by Crippen LogP contribution is 2.21. The monoisotopic (exact) mass is 502 g/mol. The Balaban J connectivity index is 2.12. The molecule has 1 aromatic carbocycles. The molecule has 0 saturated carbocycles. The van der Waals surface area contributed by atoms with Crippen LogP contribution in [-0.2, 0) is 22.4 Å². The first-order valence-corrected chi connectivity index (χ1v) is 15.6. The predicted octanol–water partition coefficient (Wildman–Crippen LogP) is 10.3. The van der Waals surface area contributed by atoms with E-state index in [9.17, 15) is 9.90 Å². The Labute approximate surface area is 223 Å². The van der Waals surface area contributed by atoms with Crippen LogP contribution in [0.2, 0.25) is 0 Å². The van der Waals surface area contributed by atoms with Gasteiger partial charge in [0.2, 0.25) is 0 Å². The lowest BCUT2D eigenvalue weighted by atomic mass is 9.97. The summed E-state index contributed by atoms with van der Waals surface area (Å²) in [4.78, 5) is 12.2. The van der Waals surface area contributed by atoms with Crippen molar-refractivity contribution >= 4 is 5.97 Å². The van der Waals surface area contributed by atoms with Gasteiger partial charge in [-0.25, -0.2) is 0 Å². The van der Waals surface area contributed by atoms with Gasteiger partial charge in [0, 0.05) is 6.42 Å². The number of carbonyl (C=O) groups excluding carboxylic acids is 1. The molecule has 0 saturated heterocycles. The van der Waals surface area contributed by atoms with Crippen LogP contribution in [0.4, 0.5) is 0 Å². The van der Waals surface area contributed by atoms with Crippen LogP contribution in [0, 0.1) is 0 Å². The molecule has 3 heteroatoms.